The SMILES string of the molecule is CC(C)(C)CONc1ccnc(Cl)c1. The minimum absolute atomic E-state index is 0.143. The van der Waals surface area contributed by atoms with Gasteiger partial charge in [0.25, 0.3) is 0 Å². The lowest BCUT2D eigenvalue weighted by Crippen LogP contribution is -2.17. The number of pyridine rings is 1. The Morgan fingerprint density at radius 3 is 2.79 bits per heavy atom. The fourth-order valence-corrected chi connectivity index (χ4v) is 0.976. The van der Waals surface area contributed by atoms with E-state index in [0.717, 1.165) is 5.69 Å². The molecule has 0 aliphatic heterocycles. The van der Waals surface area contributed by atoms with E-state index in [0.29, 0.717) is 11.8 Å². The highest BCUT2D eigenvalue weighted by Gasteiger charge is 2.10. The molecule has 1 rings (SSSR count). The van der Waals surface area contributed by atoms with Crippen molar-refractivity contribution in [2.75, 3.05) is 12.1 Å². The minimum atomic E-state index is 0.143. The molecular formula is C10H15ClN2O. The highest BCUT2D eigenvalue weighted by molar-refractivity contribution is 6.29. The largest absolute Gasteiger partial charge is 0.276 e. The lowest BCUT2D eigenvalue weighted by molar-refractivity contribution is 0.114. The topological polar surface area (TPSA) is 34.1 Å². The summed E-state index contributed by atoms with van der Waals surface area (Å²) in [5, 5.41) is 0.453. The van der Waals surface area contributed by atoms with E-state index in [1.165, 1.54) is 0 Å². The Hall–Kier alpha value is -0.800. The predicted octanol–water partition coefficient (Wildman–Crippen LogP) is 3.12. The van der Waals surface area contributed by atoms with Crippen LogP contribution in [0.5, 0.6) is 0 Å². The predicted molar refractivity (Wildman–Crippen MR) is 58.3 cm³/mol. The summed E-state index contributed by atoms with van der Waals surface area (Å²) in [5.41, 5.74) is 3.77. The maximum Gasteiger partial charge on any atom is 0.131 e. The molecule has 0 saturated heterocycles. The van der Waals surface area contributed by atoms with Crippen molar-refractivity contribution in [3.8, 4) is 0 Å². The minimum Gasteiger partial charge on any atom is -0.276 e. The van der Waals surface area contributed by atoms with Crippen LogP contribution in [0, 0.1) is 5.41 Å². The first-order chi connectivity index (χ1) is 6.47. The Morgan fingerprint density at radius 2 is 2.21 bits per heavy atom. The van der Waals surface area contributed by atoms with Gasteiger partial charge in [-0.1, -0.05) is 32.4 Å². The zero-order chi connectivity index (χ0) is 10.6. The molecule has 0 aliphatic rings. The summed E-state index contributed by atoms with van der Waals surface area (Å²) in [6, 6.07) is 3.51. The van der Waals surface area contributed by atoms with Crippen LogP contribution in [0.3, 0.4) is 0 Å². The van der Waals surface area contributed by atoms with Gasteiger partial charge in [-0.3, -0.25) is 10.3 Å². The normalized spacial score (nSPS) is 11.4. The average molecular weight is 215 g/mol. The quantitative estimate of drug-likeness (QED) is 0.620. The molecule has 0 spiro atoms. The number of hydrogen-bond acceptors (Lipinski definition) is 3. The first-order valence-electron chi connectivity index (χ1n) is 4.47. The van der Waals surface area contributed by atoms with E-state index < -0.39 is 0 Å². The van der Waals surface area contributed by atoms with Gasteiger partial charge in [0, 0.05) is 12.3 Å². The van der Waals surface area contributed by atoms with E-state index >= 15 is 0 Å². The van der Waals surface area contributed by atoms with Gasteiger partial charge in [-0.2, -0.15) is 0 Å². The maximum atomic E-state index is 5.71. The Balaban J connectivity index is 2.39. The van der Waals surface area contributed by atoms with Crippen LogP contribution in [-0.4, -0.2) is 11.6 Å². The molecule has 14 heavy (non-hydrogen) atoms. The molecule has 0 fully saturated rings. The maximum absolute atomic E-state index is 5.71. The molecule has 0 amide bonds. The van der Waals surface area contributed by atoms with Crippen LogP contribution >= 0.6 is 11.6 Å². The van der Waals surface area contributed by atoms with Crippen molar-refractivity contribution in [2.24, 2.45) is 5.41 Å². The third kappa shape index (κ3) is 4.44. The summed E-state index contributed by atoms with van der Waals surface area (Å²) in [5.74, 6) is 0. The Labute approximate surface area is 89.4 Å². The van der Waals surface area contributed by atoms with E-state index in [2.05, 4.69) is 31.2 Å². The molecule has 0 saturated carbocycles. The Morgan fingerprint density at radius 1 is 1.50 bits per heavy atom. The van der Waals surface area contributed by atoms with E-state index in [4.69, 9.17) is 16.4 Å². The average Bonchev–Trinajstić information content (AvgIpc) is 2.01. The third-order valence-electron chi connectivity index (χ3n) is 1.42. The van der Waals surface area contributed by atoms with Crippen LogP contribution in [0.15, 0.2) is 18.3 Å². The summed E-state index contributed by atoms with van der Waals surface area (Å²) in [4.78, 5) is 9.17. The number of nitrogens with zero attached hydrogens (tertiary/aromatic N) is 1. The molecule has 0 radical (unpaired) electrons. The highest BCUT2D eigenvalue weighted by Crippen LogP contribution is 2.15. The van der Waals surface area contributed by atoms with Crippen LogP contribution in [0.25, 0.3) is 0 Å². The molecule has 1 aromatic heterocycles. The molecule has 3 nitrogen and oxygen atoms in total. The van der Waals surface area contributed by atoms with Crippen molar-refractivity contribution in [1.82, 2.24) is 4.98 Å². The second-order valence-electron chi connectivity index (χ2n) is 4.32. The summed E-state index contributed by atoms with van der Waals surface area (Å²) in [6.45, 7) is 6.95. The van der Waals surface area contributed by atoms with Crippen LogP contribution in [0.2, 0.25) is 5.15 Å². The molecule has 0 bridgehead atoms. The Bertz CT molecular complexity index is 296. The van der Waals surface area contributed by atoms with Gasteiger partial charge in [0.15, 0.2) is 0 Å². The standard InChI is InChI=1S/C10H15ClN2O/c1-10(2,3)7-14-13-8-4-5-12-9(11)6-8/h4-6H,7H2,1-3H3,(H,12,13). The van der Waals surface area contributed by atoms with Gasteiger partial charge in [0.2, 0.25) is 0 Å². The van der Waals surface area contributed by atoms with Crippen LogP contribution in [0.4, 0.5) is 5.69 Å². The molecule has 1 N–H and O–H groups in total. The van der Waals surface area contributed by atoms with Gasteiger partial charge < -0.3 is 0 Å². The molecular weight excluding hydrogens is 200 g/mol. The van der Waals surface area contributed by atoms with Crippen LogP contribution < -0.4 is 5.48 Å². The number of anilines is 1. The fraction of sp³-hybridized carbons (Fsp3) is 0.500. The zero-order valence-corrected chi connectivity index (χ0v) is 9.43. The van der Waals surface area contributed by atoms with Crippen molar-refractivity contribution in [2.45, 2.75) is 20.8 Å². The van der Waals surface area contributed by atoms with Crippen molar-refractivity contribution in [3.63, 3.8) is 0 Å². The summed E-state index contributed by atoms with van der Waals surface area (Å²) in [7, 11) is 0. The monoisotopic (exact) mass is 214 g/mol. The molecule has 1 aromatic rings. The summed E-state index contributed by atoms with van der Waals surface area (Å²) in [6.07, 6.45) is 1.63. The number of nitrogens with one attached hydrogen (secondary N) is 1. The van der Waals surface area contributed by atoms with Crippen molar-refractivity contribution >= 4 is 17.3 Å². The Kier molecular flexibility index (Phi) is 3.72. The second kappa shape index (κ2) is 4.62. The summed E-state index contributed by atoms with van der Waals surface area (Å²) >= 11 is 5.71. The fourth-order valence-electron chi connectivity index (χ4n) is 0.802. The molecule has 1 heterocycles. The van der Waals surface area contributed by atoms with Crippen LogP contribution in [0.1, 0.15) is 20.8 Å². The van der Waals surface area contributed by atoms with Gasteiger partial charge in [0.05, 0.1) is 12.3 Å². The number of hydrogen-bond donors (Lipinski definition) is 1. The van der Waals surface area contributed by atoms with Crippen LogP contribution in [-0.2, 0) is 4.84 Å². The number of rotatable bonds is 3. The van der Waals surface area contributed by atoms with Gasteiger partial charge >= 0.3 is 0 Å². The molecule has 0 aliphatic carbocycles. The molecule has 0 aromatic carbocycles. The summed E-state index contributed by atoms with van der Waals surface area (Å²) < 4.78 is 0. The molecule has 78 valence electrons. The van der Waals surface area contributed by atoms with Gasteiger partial charge in [-0.15, -0.1) is 0 Å². The first kappa shape index (κ1) is 11.3. The van der Waals surface area contributed by atoms with E-state index in [1.54, 1.807) is 18.3 Å². The van der Waals surface area contributed by atoms with E-state index in [9.17, 15) is 0 Å². The smallest absolute Gasteiger partial charge is 0.131 e. The van der Waals surface area contributed by atoms with Crippen molar-refractivity contribution < 1.29 is 4.84 Å². The van der Waals surface area contributed by atoms with Crippen molar-refractivity contribution in [3.05, 3.63) is 23.5 Å². The van der Waals surface area contributed by atoms with E-state index in [-0.39, 0.29) is 5.41 Å². The third-order valence-corrected chi connectivity index (χ3v) is 1.63. The lowest BCUT2D eigenvalue weighted by atomic mass is 9.99. The van der Waals surface area contributed by atoms with E-state index in [1.807, 2.05) is 0 Å². The molecule has 4 heteroatoms. The van der Waals surface area contributed by atoms with Gasteiger partial charge in [-0.25, -0.2) is 4.98 Å². The lowest BCUT2D eigenvalue weighted by Gasteiger charge is -2.18. The van der Waals surface area contributed by atoms with Gasteiger partial charge in [0.1, 0.15) is 5.15 Å². The molecule has 0 atom stereocenters. The second-order valence-corrected chi connectivity index (χ2v) is 4.71. The highest BCUT2D eigenvalue weighted by atomic mass is 35.5. The number of halogens is 1. The first-order valence-corrected chi connectivity index (χ1v) is 4.84. The van der Waals surface area contributed by atoms with Gasteiger partial charge in [-0.05, 0) is 11.5 Å². The zero-order valence-electron chi connectivity index (χ0n) is 8.67. The van der Waals surface area contributed by atoms with Crippen molar-refractivity contribution in [1.29, 1.82) is 0 Å². The number of aromatic nitrogens is 1. The molecule has 0 unspecified atom stereocenters.